The normalized spacial score (nSPS) is 19.8. The van der Waals surface area contributed by atoms with Crippen molar-refractivity contribution in [3.8, 4) is 0 Å². The van der Waals surface area contributed by atoms with Crippen LogP contribution in [0, 0.1) is 0 Å². The Morgan fingerprint density at radius 1 is 1.61 bits per heavy atom. The number of carbonyl (C=O) groups excluding carboxylic acids is 1. The number of amides is 1. The lowest BCUT2D eigenvalue weighted by Crippen LogP contribution is -2.48. The molecule has 0 saturated carbocycles. The van der Waals surface area contributed by atoms with E-state index in [0.29, 0.717) is 18.7 Å². The summed E-state index contributed by atoms with van der Waals surface area (Å²) in [6, 6.07) is 0. The second-order valence-electron chi connectivity index (χ2n) is 4.03. The van der Waals surface area contributed by atoms with Crippen LogP contribution in [-0.2, 0) is 16.1 Å². The minimum atomic E-state index is -1.04. The number of aliphatic carboxylic acids is 1. The molecule has 0 aromatic carbocycles. The zero-order valence-electron chi connectivity index (χ0n) is 10.1. The number of carboxylic acid groups (broad SMARTS) is 1. The summed E-state index contributed by atoms with van der Waals surface area (Å²) in [5.74, 6) is -1.25. The van der Waals surface area contributed by atoms with Crippen LogP contribution in [-0.4, -0.2) is 57.5 Å². The van der Waals surface area contributed by atoms with Gasteiger partial charge >= 0.3 is 5.97 Å². The monoisotopic (exact) mass is 253 g/mol. The Balaban J connectivity index is 2.06. The number of aryl methyl sites for hydroxylation is 1. The van der Waals surface area contributed by atoms with Crippen molar-refractivity contribution in [2.75, 3.05) is 19.7 Å². The smallest absolute Gasteiger partial charge is 0.334 e. The zero-order chi connectivity index (χ0) is 13.1. The molecule has 2 heterocycles. The van der Waals surface area contributed by atoms with Gasteiger partial charge in [-0.3, -0.25) is 9.48 Å². The molecule has 0 aliphatic carbocycles. The van der Waals surface area contributed by atoms with Gasteiger partial charge in [-0.05, 0) is 6.92 Å². The van der Waals surface area contributed by atoms with E-state index in [2.05, 4.69) is 5.10 Å². The zero-order valence-corrected chi connectivity index (χ0v) is 10.1. The first-order valence-electron chi connectivity index (χ1n) is 5.78. The van der Waals surface area contributed by atoms with E-state index in [1.54, 1.807) is 10.9 Å². The lowest BCUT2D eigenvalue weighted by molar-refractivity contribution is -0.154. The second-order valence-corrected chi connectivity index (χ2v) is 4.03. The van der Waals surface area contributed by atoms with Gasteiger partial charge < -0.3 is 14.7 Å². The molecule has 1 aliphatic rings. The molecule has 1 aromatic rings. The van der Waals surface area contributed by atoms with Gasteiger partial charge in [0.15, 0.2) is 6.10 Å². The van der Waals surface area contributed by atoms with Crippen LogP contribution in [0.4, 0.5) is 0 Å². The molecule has 1 amide bonds. The van der Waals surface area contributed by atoms with Crippen LogP contribution in [0.5, 0.6) is 0 Å². The van der Waals surface area contributed by atoms with Gasteiger partial charge in [0.25, 0.3) is 5.91 Å². The molecule has 0 radical (unpaired) electrons. The number of morpholine rings is 1. The molecule has 18 heavy (non-hydrogen) atoms. The van der Waals surface area contributed by atoms with Crippen molar-refractivity contribution >= 4 is 11.9 Å². The maximum Gasteiger partial charge on any atom is 0.334 e. The molecule has 7 heteroatoms. The summed E-state index contributed by atoms with van der Waals surface area (Å²) in [5, 5.41) is 12.9. The van der Waals surface area contributed by atoms with Gasteiger partial charge in [0, 0.05) is 19.3 Å². The first-order valence-corrected chi connectivity index (χ1v) is 5.78. The van der Waals surface area contributed by atoms with Crippen LogP contribution in [0.15, 0.2) is 12.4 Å². The van der Waals surface area contributed by atoms with Crippen LogP contribution < -0.4 is 0 Å². The lowest BCUT2D eigenvalue weighted by atomic mass is 10.2. The highest BCUT2D eigenvalue weighted by Gasteiger charge is 2.29. The fraction of sp³-hybridized carbons (Fsp3) is 0.545. The Hall–Kier alpha value is -1.89. The largest absolute Gasteiger partial charge is 0.479 e. The molecule has 0 unspecified atom stereocenters. The van der Waals surface area contributed by atoms with E-state index in [1.807, 2.05) is 6.92 Å². The van der Waals surface area contributed by atoms with E-state index in [1.165, 1.54) is 11.1 Å². The highest BCUT2D eigenvalue weighted by atomic mass is 16.5. The average Bonchev–Trinajstić information content (AvgIpc) is 2.86. The highest BCUT2D eigenvalue weighted by molar-refractivity contribution is 5.94. The van der Waals surface area contributed by atoms with Crippen LogP contribution in [0.2, 0.25) is 0 Å². The quantitative estimate of drug-likeness (QED) is 0.808. The Kier molecular flexibility index (Phi) is 3.61. The van der Waals surface area contributed by atoms with Crippen LogP contribution in [0.25, 0.3) is 0 Å². The van der Waals surface area contributed by atoms with Crippen molar-refractivity contribution in [3.63, 3.8) is 0 Å². The van der Waals surface area contributed by atoms with E-state index >= 15 is 0 Å². The predicted octanol–water partition coefficient (Wildman–Crippen LogP) is -0.171. The van der Waals surface area contributed by atoms with Crippen molar-refractivity contribution in [1.82, 2.24) is 14.7 Å². The van der Waals surface area contributed by atoms with E-state index in [4.69, 9.17) is 9.84 Å². The van der Waals surface area contributed by atoms with Gasteiger partial charge in [0.05, 0.1) is 24.9 Å². The molecular weight excluding hydrogens is 238 g/mol. The first-order chi connectivity index (χ1) is 8.61. The molecular formula is C11H15N3O4. The second kappa shape index (κ2) is 5.18. The predicted molar refractivity (Wildman–Crippen MR) is 61.2 cm³/mol. The summed E-state index contributed by atoms with van der Waals surface area (Å²) in [7, 11) is 0. The summed E-state index contributed by atoms with van der Waals surface area (Å²) in [6.45, 7) is 3.33. The van der Waals surface area contributed by atoms with E-state index in [0.717, 1.165) is 0 Å². The van der Waals surface area contributed by atoms with Gasteiger partial charge in [-0.25, -0.2) is 4.79 Å². The summed E-state index contributed by atoms with van der Waals surface area (Å²) in [5.41, 5.74) is 0.475. The van der Waals surface area contributed by atoms with Gasteiger partial charge in [0.2, 0.25) is 0 Å². The van der Waals surface area contributed by atoms with Gasteiger partial charge in [-0.15, -0.1) is 0 Å². The molecule has 98 valence electrons. The Morgan fingerprint density at radius 2 is 2.39 bits per heavy atom. The molecule has 0 spiro atoms. The Bertz CT molecular complexity index is 457. The number of ether oxygens (including phenoxy) is 1. The molecule has 1 aliphatic heterocycles. The molecule has 7 nitrogen and oxygen atoms in total. The SMILES string of the molecule is CCn1cc(C(=O)N2CCO[C@@H](C(=O)O)C2)cn1. The first kappa shape index (κ1) is 12.6. The fourth-order valence-corrected chi connectivity index (χ4v) is 1.81. The minimum absolute atomic E-state index is 0.0749. The molecule has 0 bridgehead atoms. The topological polar surface area (TPSA) is 84.7 Å². The molecule has 1 saturated heterocycles. The summed E-state index contributed by atoms with van der Waals surface area (Å²) in [4.78, 5) is 24.4. The Morgan fingerprint density at radius 3 is 3.00 bits per heavy atom. The maximum absolute atomic E-state index is 12.1. The lowest BCUT2D eigenvalue weighted by Gasteiger charge is -2.30. The summed E-state index contributed by atoms with van der Waals surface area (Å²) in [6.07, 6.45) is 2.22. The summed E-state index contributed by atoms with van der Waals surface area (Å²) >= 11 is 0. The molecule has 1 aromatic heterocycles. The van der Waals surface area contributed by atoms with E-state index in [9.17, 15) is 9.59 Å². The summed E-state index contributed by atoms with van der Waals surface area (Å²) < 4.78 is 6.72. The van der Waals surface area contributed by atoms with Gasteiger partial charge in [-0.2, -0.15) is 5.10 Å². The number of carbonyl (C=O) groups is 2. The Labute approximate surface area is 104 Å². The minimum Gasteiger partial charge on any atom is -0.479 e. The van der Waals surface area contributed by atoms with Crippen molar-refractivity contribution in [3.05, 3.63) is 18.0 Å². The number of hydrogen-bond acceptors (Lipinski definition) is 4. The van der Waals surface area contributed by atoms with Crippen LogP contribution >= 0.6 is 0 Å². The number of nitrogens with zero attached hydrogens (tertiary/aromatic N) is 3. The van der Waals surface area contributed by atoms with Gasteiger partial charge in [-0.1, -0.05) is 0 Å². The number of rotatable bonds is 3. The average molecular weight is 253 g/mol. The highest BCUT2D eigenvalue weighted by Crippen LogP contribution is 2.10. The fourth-order valence-electron chi connectivity index (χ4n) is 1.81. The van der Waals surface area contributed by atoms with Crippen molar-refractivity contribution < 1.29 is 19.4 Å². The molecule has 1 fully saturated rings. The van der Waals surface area contributed by atoms with Crippen molar-refractivity contribution in [2.45, 2.75) is 19.6 Å². The van der Waals surface area contributed by atoms with Gasteiger partial charge in [0.1, 0.15) is 0 Å². The number of hydrogen-bond donors (Lipinski definition) is 1. The third-order valence-corrected chi connectivity index (χ3v) is 2.83. The van der Waals surface area contributed by atoms with Crippen molar-refractivity contribution in [1.29, 1.82) is 0 Å². The standard InChI is InChI=1S/C11H15N3O4/c1-2-14-6-8(5-12-14)10(15)13-3-4-18-9(7-13)11(16)17/h5-6,9H,2-4,7H2,1H3,(H,16,17)/t9-/m1/s1. The van der Waals surface area contributed by atoms with Crippen LogP contribution in [0.1, 0.15) is 17.3 Å². The molecule has 1 N–H and O–H groups in total. The maximum atomic E-state index is 12.1. The third kappa shape index (κ3) is 2.51. The van der Waals surface area contributed by atoms with E-state index in [-0.39, 0.29) is 19.1 Å². The van der Waals surface area contributed by atoms with Crippen molar-refractivity contribution in [2.24, 2.45) is 0 Å². The van der Waals surface area contributed by atoms with E-state index < -0.39 is 12.1 Å². The van der Waals surface area contributed by atoms with Crippen LogP contribution in [0.3, 0.4) is 0 Å². The number of carboxylic acids is 1. The number of aromatic nitrogens is 2. The molecule has 2 rings (SSSR count). The third-order valence-electron chi connectivity index (χ3n) is 2.83. The molecule has 1 atom stereocenters.